The quantitative estimate of drug-likeness (QED) is 0.408. The van der Waals surface area contributed by atoms with E-state index in [0.29, 0.717) is 13.1 Å². The van der Waals surface area contributed by atoms with E-state index in [1.165, 1.54) is 0 Å². The number of aldehydes is 1. The Labute approximate surface area is 134 Å². The first-order chi connectivity index (χ1) is 10.7. The van der Waals surface area contributed by atoms with Crippen molar-refractivity contribution in [2.45, 2.75) is 0 Å². The second-order valence-electron chi connectivity index (χ2n) is 5.65. The molecule has 1 saturated heterocycles. The molecule has 6 heteroatoms. The van der Waals surface area contributed by atoms with Gasteiger partial charge in [-0.2, -0.15) is 0 Å². The van der Waals surface area contributed by atoms with Gasteiger partial charge in [-0.15, -0.1) is 6.58 Å². The van der Waals surface area contributed by atoms with E-state index in [1.807, 2.05) is 6.08 Å². The Bertz CT molecular complexity index is 349. The maximum atomic E-state index is 10.9. The topological polar surface area (TPSA) is 59.0 Å². The number of aliphatic hydroxyl groups excluding tert-OH is 1. The van der Waals surface area contributed by atoms with Crippen molar-refractivity contribution in [2.24, 2.45) is 0 Å². The van der Waals surface area contributed by atoms with Crippen LogP contribution in [-0.2, 0) is 4.79 Å². The average molecular weight is 310 g/mol. The van der Waals surface area contributed by atoms with Crippen molar-refractivity contribution < 1.29 is 9.90 Å². The zero-order valence-corrected chi connectivity index (χ0v) is 13.5. The van der Waals surface area contributed by atoms with E-state index in [4.69, 9.17) is 0 Å². The fourth-order valence-electron chi connectivity index (χ4n) is 2.57. The summed E-state index contributed by atoms with van der Waals surface area (Å²) in [7, 11) is 0. The predicted molar refractivity (Wildman–Crippen MR) is 90.2 cm³/mol. The van der Waals surface area contributed by atoms with Crippen LogP contribution in [0.4, 0.5) is 0 Å². The Kier molecular flexibility index (Phi) is 9.74. The first kappa shape index (κ1) is 18.8. The van der Waals surface area contributed by atoms with E-state index in [-0.39, 0.29) is 5.76 Å². The van der Waals surface area contributed by atoms with Crippen LogP contribution >= 0.6 is 0 Å². The molecular formula is C16H30N4O2. The van der Waals surface area contributed by atoms with E-state index in [2.05, 4.69) is 33.2 Å². The normalized spacial score (nSPS) is 20.7. The minimum atomic E-state index is 0.186. The van der Waals surface area contributed by atoms with Crippen LogP contribution in [0, 0.1) is 0 Å². The maximum absolute atomic E-state index is 10.9. The lowest BCUT2D eigenvalue weighted by molar-refractivity contribution is -0.109. The maximum Gasteiger partial charge on any atom is 0.133 e. The van der Waals surface area contributed by atoms with Gasteiger partial charge in [0.15, 0.2) is 0 Å². The molecule has 1 fully saturated rings. The van der Waals surface area contributed by atoms with Gasteiger partial charge in [0.05, 0.1) is 18.8 Å². The Hall–Kier alpha value is -1.21. The van der Waals surface area contributed by atoms with Crippen LogP contribution < -0.4 is 5.32 Å². The summed E-state index contributed by atoms with van der Waals surface area (Å²) in [6, 6.07) is 0. The second-order valence-corrected chi connectivity index (χ2v) is 5.65. The van der Waals surface area contributed by atoms with Crippen molar-refractivity contribution in [3.63, 3.8) is 0 Å². The average Bonchev–Trinajstić information content (AvgIpc) is 2.46. The van der Waals surface area contributed by atoms with Crippen LogP contribution in [0.1, 0.15) is 0 Å². The van der Waals surface area contributed by atoms with Crippen LogP contribution in [0.5, 0.6) is 0 Å². The number of carbonyl (C=O) groups excluding carboxylic acids is 1. The molecule has 0 aliphatic carbocycles. The highest BCUT2D eigenvalue weighted by Crippen LogP contribution is 1.98. The summed E-state index contributed by atoms with van der Waals surface area (Å²) in [6.45, 7) is 16.2. The first-order valence-corrected chi connectivity index (χ1v) is 7.94. The SMILES string of the molecule is C=CCN1CCNCCN(CC(=C)O)CCN(CC=O)CC1. The summed E-state index contributed by atoms with van der Waals surface area (Å²) in [5.41, 5.74) is 0. The lowest BCUT2D eigenvalue weighted by Gasteiger charge is -2.30. The van der Waals surface area contributed by atoms with Crippen molar-refractivity contribution in [3.05, 3.63) is 25.0 Å². The largest absolute Gasteiger partial charge is 0.512 e. The summed E-state index contributed by atoms with van der Waals surface area (Å²) < 4.78 is 0. The predicted octanol–water partition coefficient (Wildman–Crippen LogP) is -0.0478. The van der Waals surface area contributed by atoms with Gasteiger partial charge in [-0.05, 0) is 0 Å². The highest BCUT2D eigenvalue weighted by Gasteiger charge is 2.13. The Morgan fingerprint density at radius 2 is 1.55 bits per heavy atom. The molecule has 0 radical (unpaired) electrons. The van der Waals surface area contributed by atoms with Crippen molar-refractivity contribution in [2.75, 3.05) is 72.0 Å². The van der Waals surface area contributed by atoms with Crippen LogP contribution in [-0.4, -0.2) is 98.1 Å². The number of aliphatic hydroxyl groups is 1. The third kappa shape index (κ3) is 8.29. The standard InChI is InChI=1S/C16H30N4O2/c1-3-6-18-7-4-17-5-8-20(15-16(2)22)12-11-19(10-9-18)13-14-21/h3,14,17,22H,1-2,4-13,15H2. The van der Waals surface area contributed by atoms with Gasteiger partial charge in [0.2, 0.25) is 0 Å². The molecule has 126 valence electrons. The summed E-state index contributed by atoms with van der Waals surface area (Å²) >= 11 is 0. The van der Waals surface area contributed by atoms with Gasteiger partial charge < -0.3 is 15.2 Å². The van der Waals surface area contributed by atoms with Crippen molar-refractivity contribution >= 4 is 6.29 Å². The number of nitrogens with zero attached hydrogens (tertiary/aromatic N) is 3. The van der Waals surface area contributed by atoms with Crippen LogP contribution in [0.25, 0.3) is 0 Å². The Morgan fingerprint density at radius 3 is 2.09 bits per heavy atom. The molecule has 0 spiro atoms. The lowest BCUT2D eigenvalue weighted by Crippen LogP contribution is -2.45. The highest BCUT2D eigenvalue weighted by molar-refractivity contribution is 5.51. The van der Waals surface area contributed by atoms with Crippen molar-refractivity contribution in [1.82, 2.24) is 20.0 Å². The number of nitrogens with one attached hydrogen (secondary N) is 1. The number of rotatable bonds is 6. The van der Waals surface area contributed by atoms with Crippen molar-refractivity contribution in [3.8, 4) is 0 Å². The molecule has 0 unspecified atom stereocenters. The molecule has 0 saturated carbocycles. The third-order valence-corrected chi connectivity index (χ3v) is 3.80. The van der Waals surface area contributed by atoms with Gasteiger partial charge in [0.25, 0.3) is 0 Å². The number of hydrogen-bond donors (Lipinski definition) is 2. The van der Waals surface area contributed by atoms with E-state index in [9.17, 15) is 9.90 Å². The number of hydrogen-bond acceptors (Lipinski definition) is 6. The minimum absolute atomic E-state index is 0.186. The van der Waals surface area contributed by atoms with E-state index < -0.39 is 0 Å². The fraction of sp³-hybridized carbons (Fsp3) is 0.688. The lowest BCUT2D eigenvalue weighted by atomic mass is 10.3. The molecule has 0 atom stereocenters. The minimum Gasteiger partial charge on any atom is -0.512 e. The molecular weight excluding hydrogens is 280 g/mol. The summed E-state index contributed by atoms with van der Waals surface area (Å²) in [5, 5.41) is 12.8. The highest BCUT2D eigenvalue weighted by atomic mass is 16.3. The molecule has 6 nitrogen and oxygen atoms in total. The molecule has 0 bridgehead atoms. The molecule has 1 aliphatic rings. The summed E-state index contributed by atoms with van der Waals surface area (Å²) in [6.07, 6.45) is 2.88. The van der Waals surface area contributed by atoms with Gasteiger partial charge in [-0.3, -0.25) is 14.7 Å². The van der Waals surface area contributed by atoms with Crippen LogP contribution in [0.3, 0.4) is 0 Å². The molecule has 0 aromatic rings. The Balaban J connectivity index is 2.60. The molecule has 0 amide bonds. The zero-order chi connectivity index (χ0) is 16.2. The fourth-order valence-corrected chi connectivity index (χ4v) is 2.57. The van der Waals surface area contributed by atoms with Gasteiger partial charge >= 0.3 is 0 Å². The van der Waals surface area contributed by atoms with E-state index in [1.54, 1.807) is 0 Å². The van der Waals surface area contributed by atoms with Crippen LogP contribution in [0.2, 0.25) is 0 Å². The van der Waals surface area contributed by atoms with E-state index in [0.717, 1.165) is 65.2 Å². The van der Waals surface area contributed by atoms with Crippen molar-refractivity contribution in [1.29, 1.82) is 0 Å². The molecule has 0 aromatic heterocycles. The smallest absolute Gasteiger partial charge is 0.133 e. The summed E-state index contributed by atoms with van der Waals surface area (Å²) in [5.74, 6) is 0.186. The molecule has 1 heterocycles. The molecule has 1 rings (SSSR count). The monoisotopic (exact) mass is 310 g/mol. The molecule has 2 N–H and O–H groups in total. The molecule has 0 aromatic carbocycles. The third-order valence-electron chi connectivity index (χ3n) is 3.80. The summed E-state index contributed by atoms with van der Waals surface area (Å²) in [4.78, 5) is 17.5. The van der Waals surface area contributed by atoms with Gasteiger partial charge in [-0.1, -0.05) is 12.7 Å². The first-order valence-electron chi connectivity index (χ1n) is 7.94. The van der Waals surface area contributed by atoms with Gasteiger partial charge in [0, 0.05) is 58.9 Å². The molecule has 1 aliphatic heterocycles. The van der Waals surface area contributed by atoms with E-state index >= 15 is 0 Å². The van der Waals surface area contributed by atoms with Gasteiger partial charge in [-0.25, -0.2) is 0 Å². The number of carbonyl (C=O) groups is 1. The van der Waals surface area contributed by atoms with Gasteiger partial charge in [0.1, 0.15) is 6.29 Å². The Morgan fingerprint density at radius 1 is 1.00 bits per heavy atom. The second kappa shape index (κ2) is 11.4. The molecule has 22 heavy (non-hydrogen) atoms. The zero-order valence-electron chi connectivity index (χ0n) is 13.5. The van der Waals surface area contributed by atoms with Crippen LogP contribution in [0.15, 0.2) is 25.0 Å².